The number of nitro benzene ring substituents is 1. The smallest absolute Gasteiger partial charge is 0.330 e. The average molecular weight is 327 g/mol. The van der Waals surface area contributed by atoms with Crippen molar-refractivity contribution in [3.63, 3.8) is 0 Å². The van der Waals surface area contributed by atoms with Gasteiger partial charge in [0.15, 0.2) is 0 Å². The predicted octanol–water partition coefficient (Wildman–Crippen LogP) is 3.75. The molecule has 0 aliphatic carbocycles. The zero-order chi connectivity index (χ0) is 17.4. The predicted molar refractivity (Wildman–Crippen MR) is 89.5 cm³/mol. The first kappa shape index (κ1) is 17.2. The minimum Gasteiger partial charge on any atom is -0.489 e. The number of rotatable bonds is 7. The Morgan fingerprint density at radius 3 is 2.62 bits per heavy atom. The second-order valence-electron chi connectivity index (χ2n) is 4.87. The van der Waals surface area contributed by atoms with Crippen LogP contribution in [-0.4, -0.2) is 17.5 Å². The molecule has 0 aromatic heterocycles. The summed E-state index contributed by atoms with van der Waals surface area (Å²) in [6.07, 6.45) is 3.01. The Hall–Kier alpha value is -3.15. The van der Waals surface area contributed by atoms with Gasteiger partial charge in [0, 0.05) is 18.2 Å². The molecule has 0 spiro atoms. The van der Waals surface area contributed by atoms with Gasteiger partial charge in [-0.1, -0.05) is 12.1 Å². The van der Waals surface area contributed by atoms with Gasteiger partial charge in [-0.25, -0.2) is 4.79 Å². The van der Waals surface area contributed by atoms with Crippen LogP contribution in [0.15, 0.2) is 54.6 Å². The highest BCUT2D eigenvalue weighted by molar-refractivity contribution is 5.87. The SMILES string of the molecule is CCOC(=O)/C=C/c1cccc(OCc2ccc([N+](=O)[O-])cc2)c1. The largest absolute Gasteiger partial charge is 0.489 e. The summed E-state index contributed by atoms with van der Waals surface area (Å²) in [5.74, 6) is 0.245. The number of carbonyl (C=O) groups is 1. The number of nitro groups is 1. The number of hydrogen-bond donors (Lipinski definition) is 0. The molecule has 124 valence electrons. The third-order valence-corrected chi connectivity index (χ3v) is 3.11. The molecular weight excluding hydrogens is 310 g/mol. The molecule has 0 radical (unpaired) electrons. The van der Waals surface area contributed by atoms with Gasteiger partial charge < -0.3 is 9.47 Å². The van der Waals surface area contributed by atoms with Crippen molar-refractivity contribution in [2.75, 3.05) is 6.61 Å². The number of ether oxygens (including phenoxy) is 2. The Bertz CT molecular complexity index is 737. The van der Waals surface area contributed by atoms with Crippen LogP contribution >= 0.6 is 0 Å². The zero-order valence-electron chi connectivity index (χ0n) is 13.2. The summed E-state index contributed by atoms with van der Waals surface area (Å²) in [5.41, 5.74) is 1.68. The molecule has 0 N–H and O–H groups in total. The van der Waals surface area contributed by atoms with Gasteiger partial charge in [-0.05, 0) is 48.4 Å². The number of carbonyl (C=O) groups excluding carboxylic acids is 1. The quantitative estimate of drug-likeness (QED) is 0.335. The van der Waals surface area contributed by atoms with Gasteiger partial charge in [0.05, 0.1) is 11.5 Å². The van der Waals surface area contributed by atoms with E-state index in [1.165, 1.54) is 18.2 Å². The van der Waals surface area contributed by atoms with E-state index in [1.807, 2.05) is 12.1 Å². The fourth-order valence-corrected chi connectivity index (χ4v) is 1.94. The van der Waals surface area contributed by atoms with Crippen LogP contribution < -0.4 is 4.74 Å². The lowest BCUT2D eigenvalue weighted by atomic mass is 10.2. The van der Waals surface area contributed by atoms with E-state index in [-0.39, 0.29) is 5.69 Å². The maximum absolute atomic E-state index is 11.3. The van der Waals surface area contributed by atoms with Gasteiger partial charge in [0.25, 0.3) is 5.69 Å². The topological polar surface area (TPSA) is 78.7 Å². The van der Waals surface area contributed by atoms with Gasteiger partial charge in [0.2, 0.25) is 0 Å². The van der Waals surface area contributed by atoms with Gasteiger partial charge in [0.1, 0.15) is 12.4 Å². The minimum atomic E-state index is -0.440. The molecule has 0 aliphatic heterocycles. The third-order valence-electron chi connectivity index (χ3n) is 3.11. The Kier molecular flexibility index (Phi) is 6.08. The fourth-order valence-electron chi connectivity index (χ4n) is 1.94. The Morgan fingerprint density at radius 2 is 1.96 bits per heavy atom. The van der Waals surface area contributed by atoms with Crippen molar-refractivity contribution in [3.05, 3.63) is 75.8 Å². The van der Waals surface area contributed by atoms with Crippen molar-refractivity contribution in [2.45, 2.75) is 13.5 Å². The Labute approximate surface area is 139 Å². The van der Waals surface area contributed by atoms with E-state index in [1.54, 1.807) is 37.3 Å². The molecule has 2 rings (SSSR count). The summed E-state index contributed by atoms with van der Waals surface area (Å²) in [6.45, 7) is 2.38. The molecule has 0 bridgehead atoms. The lowest BCUT2D eigenvalue weighted by molar-refractivity contribution is -0.384. The molecule has 6 nitrogen and oxygen atoms in total. The van der Waals surface area contributed by atoms with Gasteiger partial charge in [-0.2, -0.15) is 0 Å². The molecule has 0 amide bonds. The molecule has 0 fully saturated rings. The molecule has 0 atom stereocenters. The van der Waals surface area contributed by atoms with Crippen molar-refractivity contribution < 1.29 is 19.2 Å². The molecule has 0 aliphatic rings. The highest BCUT2D eigenvalue weighted by atomic mass is 16.6. The maximum Gasteiger partial charge on any atom is 0.330 e. The average Bonchev–Trinajstić information content (AvgIpc) is 2.59. The van der Waals surface area contributed by atoms with Gasteiger partial charge >= 0.3 is 5.97 Å². The van der Waals surface area contributed by atoms with Crippen LogP contribution in [0.1, 0.15) is 18.1 Å². The van der Waals surface area contributed by atoms with Crippen LogP contribution in [-0.2, 0) is 16.1 Å². The number of hydrogen-bond acceptors (Lipinski definition) is 5. The summed E-state index contributed by atoms with van der Waals surface area (Å²) in [4.78, 5) is 21.5. The molecule has 24 heavy (non-hydrogen) atoms. The van der Waals surface area contributed by atoms with E-state index < -0.39 is 10.9 Å². The van der Waals surface area contributed by atoms with Crippen LogP contribution in [0.5, 0.6) is 5.75 Å². The third kappa shape index (κ3) is 5.24. The number of non-ortho nitro benzene ring substituents is 1. The van der Waals surface area contributed by atoms with E-state index in [0.717, 1.165) is 11.1 Å². The van der Waals surface area contributed by atoms with Crippen molar-refractivity contribution in [3.8, 4) is 5.75 Å². The first-order valence-corrected chi connectivity index (χ1v) is 7.39. The molecule has 0 heterocycles. The van der Waals surface area contributed by atoms with Crippen LogP contribution in [0.4, 0.5) is 5.69 Å². The molecule has 2 aromatic rings. The number of esters is 1. The van der Waals surface area contributed by atoms with Gasteiger partial charge in [-0.3, -0.25) is 10.1 Å². The normalized spacial score (nSPS) is 10.5. The first-order chi connectivity index (χ1) is 11.6. The molecule has 0 saturated carbocycles. The van der Waals surface area contributed by atoms with Crippen LogP contribution in [0.3, 0.4) is 0 Å². The summed E-state index contributed by atoms with van der Waals surface area (Å²) >= 11 is 0. The van der Waals surface area contributed by atoms with Gasteiger partial charge in [-0.15, -0.1) is 0 Å². The maximum atomic E-state index is 11.3. The lowest BCUT2D eigenvalue weighted by Gasteiger charge is -2.07. The van der Waals surface area contributed by atoms with E-state index >= 15 is 0 Å². The van der Waals surface area contributed by atoms with Crippen molar-refractivity contribution >= 4 is 17.7 Å². The summed E-state index contributed by atoms with van der Waals surface area (Å²) in [5, 5.41) is 10.6. The summed E-state index contributed by atoms with van der Waals surface area (Å²) < 4.78 is 10.5. The van der Waals surface area contributed by atoms with Crippen LogP contribution in [0, 0.1) is 10.1 Å². The standard InChI is InChI=1S/C18H17NO5/c1-2-23-18(20)11-8-14-4-3-5-17(12-14)24-13-15-6-9-16(10-7-15)19(21)22/h3-12H,2,13H2,1H3/b11-8+. The van der Waals surface area contributed by atoms with Crippen LogP contribution in [0.2, 0.25) is 0 Å². The van der Waals surface area contributed by atoms with E-state index in [2.05, 4.69) is 0 Å². The zero-order valence-corrected chi connectivity index (χ0v) is 13.2. The Balaban J connectivity index is 1.96. The second kappa shape index (κ2) is 8.47. The van der Waals surface area contributed by atoms with E-state index in [9.17, 15) is 14.9 Å². The van der Waals surface area contributed by atoms with Crippen molar-refractivity contribution in [1.29, 1.82) is 0 Å². The van der Waals surface area contributed by atoms with Crippen molar-refractivity contribution in [2.24, 2.45) is 0 Å². The van der Waals surface area contributed by atoms with E-state index in [0.29, 0.717) is 19.0 Å². The number of nitrogens with zero attached hydrogens (tertiary/aromatic N) is 1. The lowest BCUT2D eigenvalue weighted by Crippen LogP contribution is -1.98. The summed E-state index contributed by atoms with van der Waals surface area (Å²) in [6, 6.07) is 13.4. The van der Waals surface area contributed by atoms with Crippen molar-refractivity contribution in [1.82, 2.24) is 0 Å². The monoisotopic (exact) mass is 327 g/mol. The molecule has 0 saturated heterocycles. The molecule has 0 unspecified atom stereocenters. The minimum absolute atomic E-state index is 0.0462. The molecular formula is C18H17NO5. The fraction of sp³-hybridized carbons (Fsp3) is 0.167. The molecule has 2 aromatic carbocycles. The van der Waals surface area contributed by atoms with Crippen LogP contribution in [0.25, 0.3) is 6.08 Å². The highest BCUT2D eigenvalue weighted by Gasteiger charge is 2.04. The molecule has 6 heteroatoms. The number of benzene rings is 2. The summed E-state index contributed by atoms with van der Waals surface area (Å²) in [7, 11) is 0. The highest BCUT2D eigenvalue weighted by Crippen LogP contribution is 2.17. The van der Waals surface area contributed by atoms with E-state index in [4.69, 9.17) is 9.47 Å². The Morgan fingerprint density at radius 1 is 1.21 bits per heavy atom. The second-order valence-corrected chi connectivity index (χ2v) is 4.87. The first-order valence-electron chi connectivity index (χ1n) is 7.39.